The van der Waals surface area contributed by atoms with Crippen molar-refractivity contribution >= 4 is 28.7 Å². The molecule has 5 heteroatoms. The van der Waals surface area contributed by atoms with Gasteiger partial charge in [-0.25, -0.2) is 4.98 Å². The van der Waals surface area contributed by atoms with Crippen molar-refractivity contribution in [1.82, 2.24) is 14.5 Å². The van der Waals surface area contributed by atoms with Crippen LogP contribution in [0.25, 0.3) is 11.0 Å². The van der Waals surface area contributed by atoms with Gasteiger partial charge in [-0.1, -0.05) is 73.5 Å². The van der Waals surface area contributed by atoms with Crippen LogP contribution in [0.1, 0.15) is 37.7 Å². The van der Waals surface area contributed by atoms with Crippen molar-refractivity contribution in [2.75, 3.05) is 12.8 Å². The topological polar surface area (TPSA) is 38.1 Å². The van der Waals surface area contributed by atoms with Gasteiger partial charge in [-0.15, -0.1) is 0 Å². The summed E-state index contributed by atoms with van der Waals surface area (Å²) < 4.78 is 2.23. The van der Waals surface area contributed by atoms with E-state index in [4.69, 9.17) is 4.98 Å². The summed E-state index contributed by atoms with van der Waals surface area (Å²) in [7, 11) is 1.96. The predicted octanol–water partition coefficient (Wildman–Crippen LogP) is 4.97. The summed E-state index contributed by atoms with van der Waals surface area (Å²) in [6.45, 7) is 0.760. The lowest BCUT2D eigenvalue weighted by molar-refractivity contribution is -0.129. The van der Waals surface area contributed by atoms with Gasteiger partial charge in [0.05, 0.1) is 23.3 Å². The monoisotopic (exact) mass is 393 g/mol. The summed E-state index contributed by atoms with van der Waals surface area (Å²) in [6, 6.07) is 19.0. The first-order chi connectivity index (χ1) is 13.7. The third-order valence-electron chi connectivity index (χ3n) is 5.64. The SMILES string of the molecule is CN(C(=O)CSc1nc2ccccc2n1Cc1ccccc1)C1CCCCC1. The highest BCUT2D eigenvalue weighted by Crippen LogP contribution is 2.27. The molecule has 0 N–H and O–H groups in total. The molecule has 3 aromatic rings. The number of aromatic nitrogens is 2. The molecule has 2 aromatic carbocycles. The van der Waals surface area contributed by atoms with Crippen molar-refractivity contribution in [2.45, 2.75) is 49.8 Å². The normalized spacial score (nSPS) is 15.0. The Morgan fingerprint density at radius 2 is 1.79 bits per heavy atom. The molecule has 0 radical (unpaired) electrons. The maximum atomic E-state index is 12.8. The summed E-state index contributed by atoms with van der Waals surface area (Å²) in [6.07, 6.45) is 6.06. The zero-order chi connectivity index (χ0) is 19.3. The Morgan fingerprint density at radius 1 is 1.07 bits per heavy atom. The fourth-order valence-electron chi connectivity index (χ4n) is 3.98. The number of hydrogen-bond donors (Lipinski definition) is 0. The molecular formula is C23H27N3OS. The Kier molecular flexibility index (Phi) is 6.01. The molecular weight excluding hydrogens is 366 g/mol. The highest BCUT2D eigenvalue weighted by Gasteiger charge is 2.22. The average Bonchev–Trinajstić information content (AvgIpc) is 3.10. The van der Waals surface area contributed by atoms with Crippen LogP contribution in [0.4, 0.5) is 0 Å². The van der Waals surface area contributed by atoms with E-state index in [1.54, 1.807) is 11.8 Å². The van der Waals surface area contributed by atoms with Gasteiger partial charge < -0.3 is 9.47 Å². The second-order valence-electron chi connectivity index (χ2n) is 7.54. The first-order valence-electron chi connectivity index (χ1n) is 10.1. The van der Waals surface area contributed by atoms with Crippen LogP contribution in [0.2, 0.25) is 0 Å². The largest absolute Gasteiger partial charge is 0.342 e. The van der Waals surface area contributed by atoms with E-state index < -0.39 is 0 Å². The van der Waals surface area contributed by atoms with Crippen molar-refractivity contribution in [2.24, 2.45) is 0 Å². The molecule has 1 amide bonds. The van der Waals surface area contributed by atoms with Crippen molar-refractivity contribution < 1.29 is 4.79 Å². The number of hydrogen-bond acceptors (Lipinski definition) is 3. The molecule has 4 rings (SSSR count). The van der Waals surface area contributed by atoms with Gasteiger partial charge in [0.2, 0.25) is 5.91 Å². The molecule has 0 spiro atoms. The Labute approximate surface area is 170 Å². The summed E-state index contributed by atoms with van der Waals surface area (Å²) in [4.78, 5) is 19.5. The number of thioether (sulfide) groups is 1. The first kappa shape index (κ1) is 19.1. The minimum atomic E-state index is 0.204. The van der Waals surface area contributed by atoms with Crippen LogP contribution in [0, 0.1) is 0 Å². The summed E-state index contributed by atoms with van der Waals surface area (Å²) in [5.41, 5.74) is 3.33. The van der Waals surface area contributed by atoms with E-state index in [0.29, 0.717) is 11.8 Å². The lowest BCUT2D eigenvalue weighted by Crippen LogP contribution is -2.39. The highest BCUT2D eigenvalue weighted by atomic mass is 32.2. The maximum absolute atomic E-state index is 12.8. The molecule has 28 heavy (non-hydrogen) atoms. The van der Waals surface area contributed by atoms with Gasteiger partial charge in [-0.2, -0.15) is 0 Å². The highest BCUT2D eigenvalue weighted by molar-refractivity contribution is 7.99. The number of nitrogens with zero attached hydrogens (tertiary/aromatic N) is 3. The van der Waals surface area contributed by atoms with E-state index in [0.717, 1.165) is 35.6 Å². The second kappa shape index (κ2) is 8.82. The van der Waals surface area contributed by atoms with Crippen LogP contribution in [0.15, 0.2) is 59.8 Å². The Morgan fingerprint density at radius 3 is 2.57 bits per heavy atom. The van der Waals surface area contributed by atoms with E-state index in [9.17, 15) is 4.79 Å². The molecule has 0 aliphatic heterocycles. The van der Waals surface area contributed by atoms with Gasteiger partial charge in [0.1, 0.15) is 0 Å². The number of imidazole rings is 1. The van der Waals surface area contributed by atoms with E-state index in [1.807, 2.05) is 36.2 Å². The Hall–Kier alpha value is -2.27. The number of carbonyl (C=O) groups is 1. The van der Waals surface area contributed by atoms with E-state index >= 15 is 0 Å². The third kappa shape index (κ3) is 4.25. The van der Waals surface area contributed by atoms with Gasteiger partial charge in [0, 0.05) is 13.1 Å². The first-order valence-corrected chi connectivity index (χ1v) is 11.1. The minimum absolute atomic E-state index is 0.204. The molecule has 1 aliphatic rings. The molecule has 1 saturated carbocycles. The van der Waals surface area contributed by atoms with E-state index in [2.05, 4.69) is 34.9 Å². The molecule has 0 unspecified atom stereocenters. The Balaban J connectivity index is 1.51. The predicted molar refractivity (Wildman–Crippen MR) is 116 cm³/mol. The number of fused-ring (bicyclic) bond motifs is 1. The van der Waals surface area contributed by atoms with Crippen LogP contribution in [0.3, 0.4) is 0 Å². The van der Waals surface area contributed by atoms with Crippen LogP contribution in [-0.2, 0) is 11.3 Å². The average molecular weight is 394 g/mol. The molecule has 146 valence electrons. The van der Waals surface area contributed by atoms with Gasteiger partial charge in [0.15, 0.2) is 5.16 Å². The zero-order valence-corrected chi connectivity index (χ0v) is 17.2. The molecule has 1 aromatic heterocycles. The molecule has 0 saturated heterocycles. The van der Waals surface area contributed by atoms with E-state index in [-0.39, 0.29) is 5.91 Å². The summed E-state index contributed by atoms with van der Waals surface area (Å²) >= 11 is 1.55. The van der Waals surface area contributed by atoms with Gasteiger partial charge in [0.25, 0.3) is 0 Å². The fourth-order valence-corrected chi connectivity index (χ4v) is 4.92. The lowest BCUT2D eigenvalue weighted by atomic mass is 9.94. The molecule has 0 bridgehead atoms. The number of benzene rings is 2. The molecule has 1 aliphatic carbocycles. The van der Waals surface area contributed by atoms with Crippen LogP contribution in [0.5, 0.6) is 0 Å². The van der Waals surface area contributed by atoms with Gasteiger partial charge >= 0.3 is 0 Å². The Bertz CT molecular complexity index is 931. The maximum Gasteiger partial charge on any atom is 0.233 e. The van der Waals surface area contributed by atoms with E-state index in [1.165, 1.54) is 24.8 Å². The van der Waals surface area contributed by atoms with Crippen molar-refractivity contribution in [3.8, 4) is 0 Å². The zero-order valence-electron chi connectivity index (χ0n) is 16.4. The number of para-hydroxylation sites is 2. The lowest BCUT2D eigenvalue weighted by Gasteiger charge is -2.31. The molecule has 4 nitrogen and oxygen atoms in total. The van der Waals surface area contributed by atoms with Crippen molar-refractivity contribution in [3.05, 3.63) is 60.2 Å². The quantitative estimate of drug-likeness (QED) is 0.555. The molecule has 0 atom stereocenters. The number of rotatable bonds is 6. The third-order valence-corrected chi connectivity index (χ3v) is 6.60. The summed E-state index contributed by atoms with van der Waals surface area (Å²) in [5.74, 6) is 0.640. The van der Waals surface area contributed by atoms with Crippen LogP contribution in [-0.4, -0.2) is 39.2 Å². The number of carbonyl (C=O) groups excluding carboxylic acids is 1. The standard InChI is InChI=1S/C23H27N3OS/c1-25(19-12-6-3-7-13-19)22(27)17-28-23-24-20-14-8-9-15-21(20)26(23)16-18-10-4-2-5-11-18/h2,4-5,8-11,14-15,19H,3,6-7,12-13,16-17H2,1H3. The van der Waals surface area contributed by atoms with Gasteiger partial charge in [-0.3, -0.25) is 4.79 Å². The second-order valence-corrected chi connectivity index (χ2v) is 8.48. The summed E-state index contributed by atoms with van der Waals surface area (Å²) in [5, 5.41) is 0.912. The van der Waals surface area contributed by atoms with Crippen molar-refractivity contribution in [1.29, 1.82) is 0 Å². The fraction of sp³-hybridized carbons (Fsp3) is 0.391. The molecule has 1 heterocycles. The van der Waals surface area contributed by atoms with Crippen LogP contribution >= 0.6 is 11.8 Å². The van der Waals surface area contributed by atoms with Crippen molar-refractivity contribution in [3.63, 3.8) is 0 Å². The van der Waals surface area contributed by atoms with Gasteiger partial charge in [-0.05, 0) is 30.5 Å². The number of amides is 1. The van der Waals surface area contributed by atoms with Crippen LogP contribution < -0.4 is 0 Å². The smallest absolute Gasteiger partial charge is 0.233 e. The minimum Gasteiger partial charge on any atom is -0.342 e. The molecule has 1 fully saturated rings.